The van der Waals surface area contributed by atoms with Crippen molar-refractivity contribution in [2.24, 2.45) is 10.1 Å². The van der Waals surface area contributed by atoms with Crippen molar-refractivity contribution in [3.63, 3.8) is 0 Å². The number of amidine groups is 1. The molecule has 1 unspecified atom stereocenters. The Labute approximate surface area is 126 Å². The summed E-state index contributed by atoms with van der Waals surface area (Å²) in [6.45, 7) is 2.42. The molecule has 0 aromatic carbocycles. The number of thioether (sulfide) groups is 2. The fourth-order valence-electron chi connectivity index (χ4n) is 2.08. The average molecular weight is 339 g/mol. The molecule has 1 N–H and O–H groups in total. The minimum absolute atomic E-state index is 0.00386. The third-order valence-corrected chi connectivity index (χ3v) is 5.71. The lowest BCUT2D eigenvalue weighted by Gasteiger charge is -2.06. The molecule has 3 heterocycles. The number of aliphatic imine (C=N–C) groups is 1. The average Bonchev–Trinajstić information content (AvgIpc) is 3.00. The molecule has 0 aromatic heterocycles. The number of hydrogen-bond acceptors (Lipinski definition) is 5. The summed E-state index contributed by atoms with van der Waals surface area (Å²) in [6.07, 6.45) is -4.38. The second-order valence-corrected chi connectivity index (χ2v) is 7.02. The lowest BCUT2D eigenvalue weighted by atomic mass is 10.3. The molecule has 1 fully saturated rings. The molecule has 3 aliphatic rings. The number of hydrazine groups is 1. The van der Waals surface area contributed by atoms with Crippen LogP contribution in [-0.4, -0.2) is 55.3 Å². The Balaban J connectivity index is 1.90. The summed E-state index contributed by atoms with van der Waals surface area (Å²) in [7, 11) is 1.64. The topological polar surface area (TPSA) is 52.0 Å². The first kappa shape index (κ1) is 14.7. The van der Waals surface area contributed by atoms with E-state index in [4.69, 9.17) is 4.74 Å². The highest BCUT2D eigenvalue weighted by Gasteiger charge is 2.74. The number of alkyl halides is 3. The predicted molar refractivity (Wildman–Crippen MR) is 75.7 cm³/mol. The van der Waals surface area contributed by atoms with Crippen LogP contribution in [0.25, 0.3) is 0 Å². The van der Waals surface area contributed by atoms with E-state index in [9.17, 15) is 13.2 Å². The maximum Gasteiger partial charge on any atom is 0.522 e. The van der Waals surface area contributed by atoms with Crippen LogP contribution >= 0.6 is 23.5 Å². The monoisotopic (exact) mass is 339 g/mol. The molecule has 0 amide bonds. The maximum atomic E-state index is 12.3. The van der Waals surface area contributed by atoms with Gasteiger partial charge in [0.05, 0.1) is 16.9 Å². The van der Waals surface area contributed by atoms with Gasteiger partial charge < -0.3 is 4.74 Å². The molecule has 1 spiro atoms. The zero-order valence-electron chi connectivity index (χ0n) is 11.4. The van der Waals surface area contributed by atoms with E-state index in [1.165, 1.54) is 11.8 Å². The smallest absolute Gasteiger partial charge is 0.459 e. The molecule has 6 nitrogen and oxygen atoms in total. The fraction of sp³-hybridized carbons (Fsp3) is 0.600. The first-order valence-electron chi connectivity index (χ1n) is 5.94. The highest BCUT2D eigenvalue weighted by molar-refractivity contribution is 8.30. The van der Waals surface area contributed by atoms with Crippen molar-refractivity contribution in [1.82, 2.24) is 5.43 Å². The maximum absolute atomic E-state index is 12.3. The van der Waals surface area contributed by atoms with Gasteiger partial charge >= 0.3 is 15.7 Å². The fourth-order valence-corrected chi connectivity index (χ4v) is 4.72. The minimum atomic E-state index is -4.38. The molecular formula is C10H12F3N5OS2+2. The van der Waals surface area contributed by atoms with Gasteiger partial charge in [-0.15, -0.1) is 5.43 Å². The lowest BCUT2D eigenvalue weighted by molar-refractivity contribution is -0.766. The Hall–Kier alpha value is -1.23. The summed E-state index contributed by atoms with van der Waals surface area (Å²) >= 11 is 2.50. The van der Waals surface area contributed by atoms with E-state index in [0.29, 0.717) is 5.17 Å². The lowest BCUT2D eigenvalue weighted by Crippen LogP contribution is -2.39. The van der Waals surface area contributed by atoms with Crippen LogP contribution in [0.15, 0.2) is 10.1 Å². The Bertz CT molecular complexity index is 639. The van der Waals surface area contributed by atoms with Gasteiger partial charge in [0.2, 0.25) is 5.17 Å². The number of rotatable bonds is 1. The molecule has 0 radical (unpaired) electrons. The molecule has 3 aliphatic heterocycles. The molecule has 11 heteroatoms. The van der Waals surface area contributed by atoms with Gasteiger partial charge in [0.15, 0.2) is 6.61 Å². The van der Waals surface area contributed by atoms with Crippen LogP contribution in [-0.2, 0) is 4.74 Å². The summed E-state index contributed by atoms with van der Waals surface area (Å²) in [6, 6.07) is 0. The summed E-state index contributed by atoms with van der Waals surface area (Å²) in [4.78, 5) is 4.09. The van der Waals surface area contributed by atoms with Gasteiger partial charge in [-0.25, -0.2) is 0 Å². The molecule has 114 valence electrons. The molecule has 1 atom stereocenters. The van der Waals surface area contributed by atoms with Crippen LogP contribution in [0.2, 0.25) is 0 Å². The van der Waals surface area contributed by atoms with Gasteiger partial charge in [-0.05, 0) is 4.68 Å². The zero-order valence-corrected chi connectivity index (χ0v) is 13.0. The molecule has 3 rings (SSSR count). The van der Waals surface area contributed by atoms with E-state index in [1.807, 2.05) is 18.5 Å². The normalized spacial score (nSPS) is 29.8. The largest absolute Gasteiger partial charge is 0.522 e. The number of nitrogens with zero attached hydrogens (tertiary/aromatic N) is 4. The summed E-state index contributed by atoms with van der Waals surface area (Å²) in [5.74, 6) is 0. The Kier molecular flexibility index (Phi) is 3.24. The number of halogens is 3. The van der Waals surface area contributed by atoms with Crippen molar-refractivity contribution in [3.05, 3.63) is 0 Å². The van der Waals surface area contributed by atoms with Crippen LogP contribution in [0.3, 0.4) is 0 Å². The van der Waals surface area contributed by atoms with Crippen LogP contribution in [0.1, 0.15) is 13.8 Å². The first-order chi connectivity index (χ1) is 9.77. The number of ether oxygens (including phenoxy) is 1. The summed E-state index contributed by atoms with van der Waals surface area (Å²) in [5.41, 5.74) is 4.90. The van der Waals surface area contributed by atoms with Gasteiger partial charge in [-0.1, -0.05) is 0 Å². The molecule has 0 aromatic rings. The predicted octanol–water partition coefficient (Wildman–Crippen LogP) is 1.39. The van der Waals surface area contributed by atoms with Gasteiger partial charge in [0.25, 0.3) is 11.4 Å². The quantitative estimate of drug-likeness (QED) is 0.734. The number of hydrogen-bond donors (Lipinski definition) is 1. The van der Waals surface area contributed by atoms with Crippen molar-refractivity contribution in [1.29, 1.82) is 0 Å². The van der Waals surface area contributed by atoms with Crippen molar-refractivity contribution in [2.45, 2.75) is 24.4 Å². The molecule has 0 saturated carbocycles. The molecule has 0 aliphatic carbocycles. The van der Waals surface area contributed by atoms with Gasteiger partial charge in [-0.2, -0.15) is 13.2 Å². The van der Waals surface area contributed by atoms with E-state index in [2.05, 4.69) is 15.5 Å². The number of nitrogens with one attached hydrogen (secondary N) is 1. The summed E-state index contributed by atoms with van der Waals surface area (Å²) < 4.78 is 44.3. The van der Waals surface area contributed by atoms with Crippen molar-refractivity contribution < 1.29 is 27.3 Å². The molecule has 0 bridgehead atoms. The molecule has 1 saturated heterocycles. The standard InChI is InChI=1S/C10H11F3N5OS2/c1-5-6(2)18-10(17(5)15-7(14-3)20-10)21-8(16-18)19-4-9(11,12)13/h4H2,1-3H3/q+1/p+1. The Morgan fingerprint density at radius 2 is 2.05 bits per heavy atom. The van der Waals surface area contributed by atoms with E-state index >= 15 is 0 Å². The zero-order chi connectivity index (χ0) is 15.4. The van der Waals surface area contributed by atoms with Crippen molar-refractivity contribution in [2.75, 3.05) is 13.7 Å². The van der Waals surface area contributed by atoms with Crippen LogP contribution in [0.5, 0.6) is 0 Å². The van der Waals surface area contributed by atoms with Crippen LogP contribution < -0.4 is 5.43 Å². The molecule has 21 heavy (non-hydrogen) atoms. The highest BCUT2D eigenvalue weighted by Crippen LogP contribution is 2.49. The third-order valence-electron chi connectivity index (χ3n) is 3.13. The van der Waals surface area contributed by atoms with Gasteiger partial charge in [-0.3, -0.25) is 4.99 Å². The van der Waals surface area contributed by atoms with E-state index < -0.39 is 17.1 Å². The van der Waals surface area contributed by atoms with E-state index in [1.54, 1.807) is 11.7 Å². The van der Waals surface area contributed by atoms with Crippen molar-refractivity contribution >= 4 is 45.3 Å². The highest BCUT2D eigenvalue weighted by atomic mass is 32.2. The third kappa shape index (κ3) is 2.22. The van der Waals surface area contributed by atoms with E-state index in [-0.39, 0.29) is 5.23 Å². The minimum Gasteiger partial charge on any atom is -0.459 e. The first-order valence-corrected chi connectivity index (χ1v) is 7.58. The SMILES string of the molecule is CN=C1N[N+]2=C(C)C(C)=[N+]3N=C(OCC(F)(F)F)SC32S1. The van der Waals surface area contributed by atoms with E-state index in [0.717, 1.165) is 23.2 Å². The molecular weight excluding hydrogens is 327 g/mol. The summed E-state index contributed by atoms with van der Waals surface area (Å²) in [5, 5.41) is 4.83. The second-order valence-electron chi connectivity index (χ2n) is 4.48. The number of hydrazone groups is 2. The van der Waals surface area contributed by atoms with Gasteiger partial charge in [0.1, 0.15) is 11.8 Å². The van der Waals surface area contributed by atoms with Crippen molar-refractivity contribution in [3.8, 4) is 0 Å². The second kappa shape index (κ2) is 4.63. The van der Waals surface area contributed by atoms with Crippen LogP contribution in [0.4, 0.5) is 13.2 Å². The van der Waals surface area contributed by atoms with Crippen LogP contribution in [0, 0.1) is 0 Å². The van der Waals surface area contributed by atoms with Gasteiger partial charge in [0, 0.05) is 25.6 Å². The Morgan fingerprint density at radius 1 is 1.33 bits per heavy atom. The Morgan fingerprint density at radius 3 is 2.67 bits per heavy atom.